The minimum Gasteiger partial charge on any atom is -0.481 e. The molecule has 3 N–H and O–H groups in total. The molecule has 98 valence electrons. The van der Waals surface area contributed by atoms with E-state index >= 15 is 0 Å². The van der Waals surface area contributed by atoms with Gasteiger partial charge in [-0.15, -0.1) is 0 Å². The third kappa shape index (κ3) is 2.95. The standard InChI is InChI=1S/C11H19NO5/c1-11(2)7(8(11)10(15)16)9(14)12-4-6(13)5-17-3/h6-8,13H,4-5H2,1-3H3,(H,12,14)(H,15,16). The summed E-state index contributed by atoms with van der Waals surface area (Å²) in [4.78, 5) is 22.6. The second-order valence-electron chi connectivity index (χ2n) is 4.97. The van der Waals surface area contributed by atoms with Gasteiger partial charge in [-0.1, -0.05) is 13.8 Å². The summed E-state index contributed by atoms with van der Waals surface area (Å²) >= 11 is 0. The number of hydrogen-bond acceptors (Lipinski definition) is 4. The first-order valence-corrected chi connectivity index (χ1v) is 5.50. The first-order chi connectivity index (χ1) is 7.82. The molecule has 0 heterocycles. The number of ether oxygens (including phenoxy) is 1. The van der Waals surface area contributed by atoms with Crippen LogP contribution in [0.15, 0.2) is 0 Å². The number of aliphatic hydroxyl groups is 1. The summed E-state index contributed by atoms with van der Waals surface area (Å²) in [5.74, 6) is -2.43. The van der Waals surface area contributed by atoms with Crippen LogP contribution in [-0.4, -0.2) is 48.5 Å². The summed E-state index contributed by atoms with van der Waals surface area (Å²) in [5, 5.41) is 20.8. The third-order valence-electron chi connectivity index (χ3n) is 3.25. The quantitative estimate of drug-likeness (QED) is 0.584. The highest BCUT2D eigenvalue weighted by molar-refractivity contribution is 5.91. The summed E-state index contributed by atoms with van der Waals surface area (Å²) in [7, 11) is 1.45. The highest BCUT2D eigenvalue weighted by Gasteiger charge is 2.65. The molecule has 0 saturated heterocycles. The van der Waals surface area contributed by atoms with Crippen LogP contribution < -0.4 is 5.32 Å². The predicted octanol–water partition coefficient (Wildman–Crippen LogP) is -0.533. The first-order valence-electron chi connectivity index (χ1n) is 5.50. The van der Waals surface area contributed by atoms with E-state index in [0.717, 1.165) is 0 Å². The average Bonchev–Trinajstić information content (AvgIpc) is 2.79. The van der Waals surface area contributed by atoms with Crippen LogP contribution in [-0.2, 0) is 14.3 Å². The molecule has 6 heteroatoms. The van der Waals surface area contributed by atoms with Crippen molar-refractivity contribution in [1.29, 1.82) is 0 Å². The molecule has 0 aromatic heterocycles. The number of hydrogen-bond donors (Lipinski definition) is 3. The number of carboxylic acid groups (broad SMARTS) is 1. The Balaban J connectivity index is 2.43. The summed E-state index contributed by atoms with van der Waals surface area (Å²) in [5.41, 5.74) is -0.512. The molecule has 6 nitrogen and oxygen atoms in total. The van der Waals surface area contributed by atoms with Gasteiger partial charge in [-0.3, -0.25) is 9.59 Å². The lowest BCUT2D eigenvalue weighted by atomic mass is 10.1. The maximum absolute atomic E-state index is 11.7. The normalized spacial score (nSPS) is 27.3. The maximum atomic E-state index is 11.7. The molecule has 0 aliphatic heterocycles. The molecular formula is C11H19NO5. The molecule has 17 heavy (non-hydrogen) atoms. The van der Waals surface area contributed by atoms with Crippen LogP contribution in [0.4, 0.5) is 0 Å². The SMILES string of the molecule is COCC(O)CNC(=O)C1C(C(=O)O)C1(C)C. The van der Waals surface area contributed by atoms with E-state index in [-0.39, 0.29) is 19.1 Å². The smallest absolute Gasteiger partial charge is 0.307 e. The lowest BCUT2D eigenvalue weighted by Gasteiger charge is -2.11. The molecule has 0 aromatic rings. The summed E-state index contributed by atoms with van der Waals surface area (Å²) in [6.45, 7) is 3.71. The van der Waals surface area contributed by atoms with Crippen LogP contribution in [0, 0.1) is 17.3 Å². The minimum absolute atomic E-state index is 0.0750. The van der Waals surface area contributed by atoms with Gasteiger partial charge in [0, 0.05) is 13.7 Å². The Morgan fingerprint density at radius 1 is 1.41 bits per heavy atom. The van der Waals surface area contributed by atoms with Crippen molar-refractivity contribution in [3.05, 3.63) is 0 Å². The summed E-state index contributed by atoms with van der Waals surface area (Å²) in [6, 6.07) is 0. The second-order valence-corrected chi connectivity index (χ2v) is 4.97. The number of carboxylic acids is 1. The molecule has 1 amide bonds. The molecule has 1 rings (SSSR count). The lowest BCUT2D eigenvalue weighted by Crippen LogP contribution is -2.36. The van der Waals surface area contributed by atoms with E-state index in [2.05, 4.69) is 5.32 Å². The maximum Gasteiger partial charge on any atom is 0.307 e. The zero-order valence-corrected chi connectivity index (χ0v) is 10.3. The van der Waals surface area contributed by atoms with Crippen LogP contribution >= 0.6 is 0 Å². The number of carbonyl (C=O) groups excluding carboxylic acids is 1. The molecule has 0 spiro atoms. The van der Waals surface area contributed by atoms with Crippen molar-refractivity contribution in [2.45, 2.75) is 20.0 Å². The van der Waals surface area contributed by atoms with Gasteiger partial charge in [0.1, 0.15) is 0 Å². The van der Waals surface area contributed by atoms with Gasteiger partial charge in [0.25, 0.3) is 0 Å². The fourth-order valence-electron chi connectivity index (χ4n) is 2.17. The number of aliphatic hydroxyl groups excluding tert-OH is 1. The van der Waals surface area contributed by atoms with Crippen molar-refractivity contribution >= 4 is 11.9 Å². The van der Waals surface area contributed by atoms with Crippen LogP contribution in [0.3, 0.4) is 0 Å². The minimum atomic E-state index is -0.951. The van der Waals surface area contributed by atoms with Crippen LogP contribution in [0.1, 0.15) is 13.8 Å². The highest BCUT2D eigenvalue weighted by Crippen LogP contribution is 2.58. The zero-order valence-electron chi connectivity index (χ0n) is 10.3. The Kier molecular flexibility index (Phi) is 4.11. The largest absolute Gasteiger partial charge is 0.481 e. The molecule has 0 radical (unpaired) electrons. The second kappa shape index (κ2) is 5.01. The van der Waals surface area contributed by atoms with Gasteiger partial charge in [-0.2, -0.15) is 0 Å². The number of rotatable bonds is 6. The van der Waals surface area contributed by atoms with E-state index in [1.54, 1.807) is 13.8 Å². The van der Waals surface area contributed by atoms with Crippen molar-refractivity contribution in [3.63, 3.8) is 0 Å². The van der Waals surface area contributed by atoms with Crippen molar-refractivity contribution in [1.82, 2.24) is 5.32 Å². The third-order valence-corrected chi connectivity index (χ3v) is 3.25. The van der Waals surface area contributed by atoms with E-state index < -0.39 is 29.3 Å². The Labute approximate surface area is 100.0 Å². The molecule has 1 aliphatic rings. The van der Waals surface area contributed by atoms with Gasteiger partial charge >= 0.3 is 5.97 Å². The fraction of sp³-hybridized carbons (Fsp3) is 0.818. The van der Waals surface area contributed by atoms with E-state index in [1.165, 1.54) is 7.11 Å². The number of methoxy groups -OCH3 is 1. The molecule has 0 bridgehead atoms. The lowest BCUT2D eigenvalue weighted by molar-refractivity contribution is -0.140. The van der Waals surface area contributed by atoms with Crippen LogP contribution in [0.5, 0.6) is 0 Å². The fourth-order valence-corrected chi connectivity index (χ4v) is 2.17. The number of carbonyl (C=O) groups is 2. The van der Waals surface area contributed by atoms with E-state index in [4.69, 9.17) is 9.84 Å². The predicted molar refractivity (Wildman–Crippen MR) is 59.3 cm³/mol. The molecule has 3 atom stereocenters. The number of amides is 1. The van der Waals surface area contributed by atoms with Crippen molar-refractivity contribution in [2.75, 3.05) is 20.3 Å². The van der Waals surface area contributed by atoms with Gasteiger partial charge in [0.2, 0.25) is 5.91 Å². The zero-order chi connectivity index (χ0) is 13.2. The topological polar surface area (TPSA) is 95.9 Å². The van der Waals surface area contributed by atoms with Gasteiger partial charge in [-0.25, -0.2) is 0 Å². The Morgan fingerprint density at radius 2 is 2.00 bits per heavy atom. The van der Waals surface area contributed by atoms with Gasteiger partial charge in [0.15, 0.2) is 0 Å². The number of nitrogens with one attached hydrogen (secondary N) is 1. The van der Waals surface area contributed by atoms with E-state index in [1.807, 2.05) is 0 Å². The monoisotopic (exact) mass is 245 g/mol. The molecule has 1 fully saturated rings. The van der Waals surface area contributed by atoms with Gasteiger partial charge in [0.05, 0.1) is 24.5 Å². The Hall–Kier alpha value is -1.14. The summed E-state index contributed by atoms with van der Waals surface area (Å²) in [6.07, 6.45) is -0.769. The van der Waals surface area contributed by atoms with E-state index in [0.29, 0.717) is 0 Å². The Bertz CT molecular complexity index is 315. The average molecular weight is 245 g/mol. The number of aliphatic carboxylic acids is 1. The molecule has 0 aromatic carbocycles. The molecule has 1 saturated carbocycles. The van der Waals surface area contributed by atoms with Crippen LogP contribution in [0.2, 0.25) is 0 Å². The van der Waals surface area contributed by atoms with Gasteiger partial charge in [-0.05, 0) is 5.41 Å². The summed E-state index contributed by atoms with van der Waals surface area (Å²) < 4.78 is 4.72. The van der Waals surface area contributed by atoms with Crippen molar-refractivity contribution < 1.29 is 24.5 Å². The molecule has 3 unspecified atom stereocenters. The van der Waals surface area contributed by atoms with Crippen LogP contribution in [0.25, 0.3) is 0 Å². The van der Waals surface area contributed by atoms with Gasteiger partial charge < -0.3 is 20.3 Å². The first kappa shape index (κ1) is 13.9. The Morgan fingerprint density at radius 3 is 2.41 bits per heavy atom. The molecular weight excluding hydrogens is 226 g/mol. The highest BCUT2D eigenvalue weighted by atomic mass is 16.5. The molecule has 1 aliphatic carbocycles. The van der Waals surface area contributed by atoms with E-state index in [9.17, 15) is 14.7 Å². The van der Waals surface area contributed by atoms with Crippen molar-refractivity contribution in [2.24, 2.45) is 17.3 Å². The van der Waals surface area contributed by atoms with Crippen molar-refractivity contribution in [3.8, 4) is 0 Å².